The van der Waals surface area contributed by atoms with Crippen molar-refractivity contribution in [3.05, 3.63) is 65.7 Å². The summed E-state index contributed by atoms with van der Waals surface area (Å²) in [5.41, 5.74) is 1.39. The van der Waals surface area contributed by atoms with Gasteiger partial charge in [-0.1, -0.05) is 24.3 Å². The zero-order chi connectivity index (χ0) is 20.8. The van der Waals surface area contributed by atoms with E-state index >= 15 is 0 Å². The summed E-state index contributed by atoms with van der Waals surface area (Å²) in [7, 11) is 4.77. The maximum Gasteiger partial charge on any atom is 0.203 e. The minimum atomic E-state index is -0.0884. The lowest BCUT2D eigenvalue weighted by Crippen LogP contribution is -1.99. The van der Waals surface area contributed by atoms with Gasteiger partial charge in [0.25, 0.3) is 0 Å². The molecular weight excluding hydrogens is 368 g/mol. The molecule has 0 heterocycles. The van der Waals surface area contributed by atoms with Crippen LogP contribution in [0.3, 0.4) is 0 Å². The van der Waals surface area contributed by atoms with Crippen LogP contribution in [0.2, 0.25) is 0 Å². The van der Waals surface area contributed by atoms with E-state index in [-0.39, 0.29) is 5.78 Å². The third kappa shape index (κ3) is 4.51. The Hall–Kier alpha value is -3.47. The highest BCUT2D eigenvalue weighted by Crippen LogP contribution is 2.39. The zero-order valence-corrected chi connectivity index (χ0v) is 17.0. The van der Waals surface area contributed by atoms with Crippen LogP contribution in [0, 0.1) is 0 Å². The zero-order valence-electron chi connectivity index (χ0n) is 17.0. The van der Waals surface area contributed by atoms with Gasteiger partial charge in [0, 0.05) is 5.56 Å². The van der Waals surface area contributed by atoms with Gasteiger partial charge in [0.05, 0.1) is 27.9 Å². The van der Waals surface area contributed by atoms with Crippen LogP contribution in [0.15, 0.2) is 54.6 Å². The molecule has 0 aliphatic heterocycles. The van der Waals surface area contributed by atoms with Gasteiger partial charge in [-0.05, 0) is 59.7 Å². The van der Waals surface area contributed by atoms with Crippen LogP contribution < -0.4 is 18.9 Å². The number of carbonyl (C=O) groups is 1. The average Bonchev–Trinajstić information content (AvgIpc) is 2.77. The van der Waals surface area contributed by atoms with E-state index in [0.29, 0.717) is 29.4 Å². The predicted octanol–water partition coefficient (Wildman–Crippen LogP) is 5.16. The number of rotatable bonds is 8. The Bertz CT molecular complexity index is 1030. The third-order valence-electron chi connectivity index (χ3n) is 4.53. The molecule has 3 rings (SSSR count). The number of ketones is 1. The Morgan fingerprint density at radius 1 is 0.862 bits per heavy atom. The van der Waals surface area contributed by atoms with E-state index in [1.807, 2.05) is 55.5 Å². The Morgan fingerprint density at radius 2 is 1.52 bits per heavy atom. The van der Waals surface area contributed by atoms with Gasteiger partial charge in [-0.15, -0.1) is 0 Å². The maximum atomic E-state index is 12.7. The Balaban J connectivity index is 1.87. The molecular formula is C24H24O5. The molecule has 3 aromatic carbocycles. The first-order chi connectivity index (χ1) is 14.1. The average molecular weight is 392 g/mol. The van der Waals surface area contributed by atoms with Gasteiger partial charge < -0.3 is 18.9 Å². The molecule has 0 saturated heterocycles. The monoisotopic (exact) mass is 392 g/mol. The molecule has 0 fully saturated rings. The van der Waals surface area contributed by atoms with Gasteiger partial charge in [-0.3, -0.25) is 4.79 Å². The number of fused-ring (bicyclic) bond motifs is 1. The molecule has 0 aliphatic carbocycles. The van der Waals surface area contributed by atoms with E-state index in [9.17, 15) is 4.79 Å². The van der Waals surface area contributed by atoms with Crippen LogP contribution in [0.5, 0.6) is 23.0 Å². The molecule has 0 saturated carbocycles. The molecule has 0 amide bonds. The van der Waals surface area contributed by atoms with Crippen molar-refractivity contribution in [2.45, 2.75) is 6.92 Å². The fourth-order valence-electron chi connectivity index (χ4n) is 3.06. The third-order valence-corrected chi connectivity index (χ3v) is 4.53. The van der Waals surface area contributed by atoms with Crippen molar-refractivity contribution in [1.82, 2.24) is 0 Å². The highest BCUT2D eigenvalue weighted by Gasteiger charge is 2.13. The predicted molar refractivity (Wildman–Crippen MR) is 115 cm³/mol. The minimum Gasteiger partial charge on any atom is -0.497 e. The van der Waals surface area contributed by atoms with Gasteiger partial charge in [-0.25, -0.2) is 0 Å². The van der Waals surface area contributed by atoms with Crippen LogP contribution in [0.1, 0.15) is 22.8 Å². The van der Waals surface area contributed by atoms with Crippen LogP contribution in [-0.4, -0.2) is 33.7 Å². The number of methoxy groups -OCH3 is 3. The summed E-state index contributed by atoms with van der Waals surface area (Å²) in [6.45, 7) is 2.39. The lowest BCUT2D eigenvalue weighted by atomic mass is 10.0. The van der Waals surface area contributed by atoms with Crippen molar-refractivity contribution in [2.24, 2.45) is 0 Å². The first-order valence-corrected chi connectivity index (χ1v) is 9.28. The molecule has 0 bridgehead atoms. The molecule has 5 heteroatoms. The molecule has 0 radical (unpaired) electrons. The van der Waals surface area contributed by atoms with E-state index in [2.05, 4.69) is 0 Å². The smallest absolute Gasteiger partial charge is 0.203 e. The largest absolute Gasteiger partial charge is 0.497 e. The van der Waals surface area contributed by atoms with Crippen molar-refractivity contribution >= 4 is 22.6 Å². The van der Waals surface area contributed by atoms with E-state index in [4.69, 9.17) is 18.9 Å². The number of benzene rings is 3. The van der Waals surface area contributed by atoms with Crippen molar-refractivity contribution in [3.8, 4) is 23.0 Å². The number of carbonyl (C=O) groups excluding carboxylic acids is 1. The molecule has 3 aromatic rings. The standard InChI is InChI=1S/C24H24O5/c1-5-29-24-22(27-3)12-16(13-23(24)28-4)6-11-21(25)19-8-7-18-15-20(26-2)10-9-17(18)14-19/h6-15H,5H2,1-4H3. The number of hydrogen-bond acceptors (Lipinski definition) is 5. The molecule has 0 spiro atoms. The Labute approximate surface area is 170 Å². The second-order valence-electron chi connectivity index (χ2n) is 6.31. The topological polar surface area (TPSA) is 54.0 Å². The van der Waals surface area contributed by atoms with Crippen LogP contribution in [-0.2, 0) is 0 Å². The van der Waals surface area contributed by atoms with Gasteiger partial charge in [-0.2, -0.15) is 0 Å². The molecule has 150 valence electrons. The summed E-state index contributed by atoms with van der Waals surface area (Å²) in [5.74, 6) is 2.35. The van der Waals surface area contributed by atoms with Crippen molar-refractivity contribution < 1.29 is 23.7 Å². The quantitative estimate of drug-likeness (QED) is 0.391. The Morgan fingerprint density at radius 3 is 2.14 bits per heavy atom. The Kier molecular flexibility index (Phi) is 6.39. The van der Waals surface area contributed by atoms with Gasteiger partial charge >= 0.3 is 0 Å². The molecule has 0 aliphatic rings. The first-order valence-electron chi connectivity index (χ1n) is 9.28. The second kappa shape index (κ2) is 9.15. The number of ether oxygens (including phenoxy) is 4. The van der Waals surface area contributed by atoms with Crippen molar-refractivity contribution in [1.29, 1.82) is 0 Å². The minimum absolute atomic E-state index is 0.0884. The fourth-order valence-corrected chi connectivity index (χ4v) is 3.06. The highest BCUT2D eigenvalue weighted by atomic mass is 16.5. The van der Waals surface area contributed by atoms with Gasteiger partial charge in [0.15, 0.2) is 17.3 Å². The summed E-state index contributed by atoms with van der Waals surface area (Å²) in [6, 6.07) is 15.0. The van der Waals surface area contributed by atoms with Crippen molar-refractivity contribution in [3.63, 3.8) is 0 Å². The first kappa shape index (κ1) is 20.3. The van der Waals surface area contributed by atoms with E-state index in [1.165, 1.54) is 0 Å². The molecule has 5 nitrogen and oxygen atoms in total. The molecule has 0 atom stereocenters. The van der Waals surface area contributed by atoms with Gasteiger partial charge in [0.1, 0.15) is 5.75 Å². The molecule has 0 aromatic heterocycles. The SMILES string of the molecule is CCOc1c(OC)cc(C=CC(=O)c2ccc3cc(OC)ccc3c2)cc1OC. The van der Waals surface area contributed by atoms with E-state index in [0.717, 1.165) is 22.1 Å². The fraction of sp³-hybridized carbons (Fsp3) is 0.208. The summed E-state index contributed by atoms with van der Waals surface area (Å²) < 4.78 is 21.7. The van der Waals surface area contributed by atoms with Crippen LogP contribution >= 0.6 is 0 Å². The normalized spacial score (nSPS) is 10.9. The summed E-state index contributed by atoms with van der Waals surface area (Å²) in [5, 5.41) is 2.00. The van der Waals surface area contributed by atoms with Crippen LogP contribution in [0.25, 0.3) is 16.8 Å². The van der Waals surface area contributed by atoms with E-state index in [1.54, 1.807) is 33.5 Å². The lowest BCUT2D eigenvalue weighted by molar-refractivity contribution is 0.104. The summed E-state index contributed by atoms with van der Waals surface area (Å²) in [6.07, 6.45) is 3.28. The molecule has 0 N–H and O–H groups in total. The maximum absolute atomic E-state index is 12.7. The van der Waals surface area contributed by atoms with Crippen molar-refractivity contribution in [2.75, 3.05) is 27.9 Å². The summed E-state index contributed by atoms with van der Waals surface area (Å²) >= 11 is 0. The number of allylic oxidation sites excluding steroid dienone is 1. The number of hydrogen-bond donors (Lipinski definition) is 0. The lowest BCUT2D eigenvalue weighted by Gasteiger charge is -2.14. The second-order valence-corrected chi connectivity index (χ2v) is 6.31. The molecule has 0 unspecified atom stereocenters. The van der Waals surface area contributed by atoms with Gasteiger partial charge in [0.2, 0.25) is 5.75 Å². The van der Waals surface area contributed by atoms with Crippen LogP contribution in [0.4, 0.5) is 0 Å². The molecule has 29 heavy (non-hydrogen) atoms. The highest BCUT2D eigenvalue weighted by molar-refractivity contribution is 6.08. The summed E-state index contributed by atoms with van der Waals surface area (Å²) in [4.78, 5) is 12.7. The van der Waals surface area contributed by atoms with E-state index < -0.39 is 0 Å².